The van der Waals surface area contributed by atoms with Gasteiger partial charge in [-0.1, -0.05) is 24.3 Å². The van der Waals surface area contributed by atoms with Gasteiger partial charge in [0.25, 0.3) is 0 Å². The van der Waals surface area contributed by atoms with E-state index in [1.807, 2.05) is 0 Å². The highest BCUT2D eigenvalue weighted by Gasteiger charge is 2.25. The number of carboxylic acid groups (broad SMARTS) is 2. The maximum absolute atomic E-state index is 11.8. The summed E-state index contributed by atoms with van der Waals surface area (Å²) < 4.78 is 10.2. The number of nitrogens with one attached hydrogen (secondary N) is 1. The lowest BCUT2D eigenvalue weighted by atomic mass is 9.97. The molecular weight excluding hydrogens is 366 g/mol. The summed E-state index contributed by atoms with van der Waals surface area (Å²) in [4.78, 5) is 33.8. The van der Waals surface area contributed by atoms with Crippen molar-refractivity contribution in [2.75, 3.05) is 19.0 Å². The zero-order valence-electron chi connectivity index (χ0n) is 15.3. The number of aliphatic carboxylic acids is 2. The summed E-state index contributed by atoms with van der Waals surface area (Å²) >= 11 is 0. The fraction of sp³-hybridized carbons (Fsp3) is 0.250. The minimum Gasteiger partial charge on any atom is -0.497 e. The first-order chi connectivity index (χ1) is 13.4. The molecular formula is C20H21NO7. The van der Waals surface area contributed by atoms with E-state index in [9.17, 15) is 14.4 Å². The average molecular weight is 387 g/mol. The first kappa shape index (κ1) is 20.8. The van der Waals surface area contributed by atoms with Gasteiger partial charge in [-0.2, -0.15) is 0 Å². The third kappa shape index (κ3) is 6.31. The van der Waals surface area contributed by atoms with Crippen molar-refractivity contribution in [3.8, 4) is 5.75 Å². The molecule has 0 aliphatic carbocycles. The number of carbonyl (C=O) groups excluding carboxylic acids is 1. The normalized spacial score (nSPS) is 10.4. The van der Waals surface area contributed by atoms with Gasteiger partial charge >= 0.3 is 18.0 Å². The van der Waals surface area contributed by atoms with Gasteiger partial charge in [0, 0.05) is 12.1 Å². The Balaban J connectivity index is 1.84. The van der Waals surface area contributed by atoms with Crippen molar-refractivity contribution in [2.45, 2.75) is 12.8 Å². The third-order valence-electron chi connectivity index (χ3n) is 3.99. The second-order valence-corrected chi connectivity index (χ2v) is 5.99. The van der Waals surface area contributed by atoms with Crippen LogP contribution in [0.4, 0.5) is 10.5 Å². The molecule has 1 amide bonds. The molecule has 28 heavy (non-hydrogen) atoms. The van der Waals surface area contributed by atoms with Gasteiger partial charge in [0.05, 0.1) is 13.7 Å². The molecule has 0 unspecified atom stereocenters. The Morgan fingerprint density at radius 3 is 2.25 bits per heavy atom. The number of hydrogen-bond donors (Lipinski definition) is 3. The van der Waals surface area contributed by atoms with E-state index in [-0.39, 0.29) is 13.0 Å². The zero-order chi connectivity index (χ0) is 20.5. The van der Waals surface area contributed by atoms with Gasteiger partial charge in [-0.3, -0.25) is 14.9 Å². The molecule has 0 atom stereocenters. The van der Waals surface area contributed by atoms with Crippen LogP contribution in [0.3, 0.4) is 0 Å². The zero-order valence-corrected chi connectivity index (χ0v) is 15.3. The number of amides is 1. The Morgan fingerprint density at radius 1 is 1.00 bits per heavy atom. The molecule has 0 bridgehead atoms. The van der Waals surface area contributed by atoms with Gasteiger partial charge in [-0.05, 0) is 41.8 Å². The van der Waals surface area contributed by atoms with Crippen LogP contribution in [0.2, 0.25) is 0 Å². The molecule has 0 saturated heterocycles. The monoisotopic (exact) mass is 387 g/mol. The van der Waals surface area contributed by atoms with Crippen LogP contribution in [0, 0.1) is 5.92 Å². The molecule has 0 radical (unpaired) electrons. The molecule has 8 nitrogen and oxygen atoms in total. The Hall–Kier alpha value is -3.55. The maximum atomic E-state index is 11.8. The minimum absolute atomic E-state index is 0.114. The molecule has 0 saturated carbocycles. The standard InChI is InChI=1S/C20H21NO7/c1-27-16-7-5-15(6-8-16)21-20(26)28-10-9-13-3-2-4-14(11-13)12-17(18(22)23)19(24)25/h2-8,11,17H,9-10,12H2,1H3,(H,21,26)(H,22,23)(H,24,25). The van der Waals surface area contributed by atoms with Crippen molar-refractivity contribution in [3.63, 3.8) is 0 Å². The molecule has 148 valence electrons. The molecule has 2 rings (SSSR count). The highest BCUT2D eigenvalue weighted by Crippen LogP contribution is 2.15. The van der Waals surface area contributed by atoms with Crippen LogP contribution < -0.4 is 10.1 Å². The molecule has 0 aliphatic heterocycles. The number of rotatable bonds is 9. The van der Waals surface area contributed by atoms with Crippen molar-refractivity contribution in [3.05, 3.63) is 59.7 Å². The van der Waals surface area contributed by atoms with Crippen LogP contribution >= 0.6 is 0 Å². The molecule has 0 spiro atoms. The number of hydrogen-bond acceptors (Lipinski definition) is 5. The van der Waals surface area contributed by atoms with Crippen LogP contribution in [0.25, 0.3) is 0 Å². The minimum atomic E-state index is -1.50. The molecule has 0 aliphatic rings. The Morgan fingerprint density at radius 2 is 1.64 bits per heavy atom. The van der Waals surface area contributed by atoms with Crippen molar-refractivity contribution < 1.29 is 34.1 Å². The number of anilines is 1. The summed E-state index contributed by atoms with van der Waals surface area (Å²) in [5.41, 5.74) is 1.97. The van der Waals surface area contributed by atoms with Gasteiger partial charge in [0.15, 0.2) is 5.92 Å². The SMILES string of the molecule is COc1ccc(NC(=O)OCCc2cccc(CC(C(=O)O)C(=O)O)c2)cc1. The molecule has 0 aromatic heterocycles. The van der Waals surface area contributed by atoms with E-state index in [4.69, 9.17) is 19.7 Å². The summed E-state index contributed by atoms with van der Waals surface area (Å²) in [5.74, 6) is -3.58. The highest BCUT2D eigenvalue weighted by molar-refractivity contribution is 5.93. The number of benzene rings is 2. The van der Waals surface area contributed by atoms with Gasteiger partial charge in [0.1, 0.15) is 5.75 Å². The van der Waals surface area contributed by atoms with Crippen LogP contribution in [-0.4, -0.2) is 42.0 Å². The van der Waals surface area contributed by atoms with Gasteiger partial charge in [0.2, 0.25) is 0 Å². The summed E-state index contributed by atoms with van der Waals surface area (Å²) in [6.07, 6.45) is -0.301. The van der Waals surface area contributed by atoms with Gasteiger partial charge < -0.3 is 19.7 Å². The molecule has 0 fully saturated rings. The van der Waals surface area contributed by atoms with E-state index in [0.717, 1.165) is 5.56 Å². The van der Waals surface area contributed by atoms with E-state index < -0.39 is 23.9 Å². The second-order valence-electron chi connectivity index (χ2n) is 5.99. The van der Waals surface area contributed by atoms with Crippen molar-refractivity contribution >= 4 is 23.7 Å². The van der Waals surface area contributed by atoms with Crippen LogP contribution in [0.5, 0.6) is 5.75 Å². The topological polar surface area (TPSA) is 122 Å². The largest absolute Gasteiger partial charge is 0.497 e. The molecule has 0 heterocycles. The Bertz CT molecular complexity index is 819. The van der Waals surface area contributed by atoms with Crippen LogP contribution in [-0.2, 0) is 27.2 Å². The van der Waals surface area contributed by atoms with Gasteiger partial charge in [-0.25, -0.2) is 4.79 Å². The van der Waals surface area contributed by atoms with E-state index >= 15 is 0 Å². The summed E-state index contributed by atoms with van der Waals surface area (Å²) in [6.45, 7) is 0.118. The fourth-order valence-corrected chi connectivity index (χ4v) is 2.52. The maximum Gasteiger partial charge on any atom is 0.411 e. The first-order valence-electron chi connectivity index (χ1n) is 8.50. The number of carbonyl (C=O) groups is 3. The van der Waals surface area contributed by atoms with Crippen LogP contribution in [0.15, 0.2) is 48.5 Å². The van der Waals surface area contributed by atoms with E-state index in [0.29, 0.717) is 23.4 Å². The van der Waals surface area contributed by atoms with Crippen LogP contribution in [0.1, 0.15) is 11.1 Å². The Kier molecular flexibility index (Phi) is 7.38. The first-order valence-corrected chi connectivity index (χ1v) is 8.50. The lowest BCUT2D eigenvalue weighted by Gasteiger charge is -2.10. The van der Waals surface area contributed by atoms with E-state index in [1.54, 1.807) is 55.6 Å². The number of ether oxygens (including phenoxy) is 2. The number of carboxylic acids is 2. The summed E-state index contributed by atoms with van der Waals surface area (Å²) in [7, 11) is 1.55. The Labute approximate surface area is 161 Å². The summed E-state index contributed by atoms with van der Waals surface area (Å²) in [5, 5.41) is 20.5. The van der Waals surface area contributed by atoms with Gasteiger partial charge in [-0.15, -0.1) is 0 Å². The van der Waals surface area contributed by atoms with Crippen molar-refractivity contribution in [2.24, 2.45) is 5.92 Å². The predicted molar refractivity (Wildman–Crippen MR) is 101 cm³/mol. The molecule has 3 N–H and O–H groups in total. The highest BCUT2D eigenvalue weighted by atomic mass is 16.5. The average Bonchev–Trinajstić information content (AvgIpc) is 2.66. The lowest BCUT2D eigenvalue weighted by Crippen LogP contribution is -2.25. The van der Waals surface area contributed by atoms with Crippen molar-refractivity contribution in [1.82, 2.24) is 0 Å². The number of methoxy groups -OCH3 is 1. The molecule has 2 aromatic carbocycles. The smallest absolute Gasteiger partial charge is 0.411 e. The third-order valence-corrected chi connectivity index (χ3v) is 3.99. The van der Waals surface area contributed by atoms with Crippen molar-refractivity contribution in [1.29, 1.82) is 0 Å². The lowest BCUT2D eigenvalue weighted by molar-refractivity contribution is -0.154. The van der Waals surface area contributed by atoms with E-state index in [2.05, 4.69) is 5.32 Å². The fourth-order valence-electron chi connectivity index (χ4n) is 2.52. The molecule has 8 heteroatoms. The summed E-state index contributed by atoms with van der Waals surface area (Å²) in [6, 6.07) is 13.7. The van der Waals surface area contributed by atoms with E-state index in [1.165, 1.54) is 0 Å². The predicted octanol–water partition coefficient (Wildman–Crippen LogP) is 2.81. The molecule has 2 aromatic rings. The quantitative estimate of drug-likeness (QED) is 0.566. The second kappa shape index (κ2) is 9.96.